The smallest absolute Gasteiger partial charge is 0.350 e. The number of likely N-dealkylation sites (tertiary alicyclic amines) is 1. The minimum absolute atomic E-state index is 0.0241. The Labute approximate surface area is 227 Å². The van der Waals surface area contributed by atoms with Crippen LogP contribution in [0.25, 0.3) is 0 Å². The second kappa shape index (κ2) is 10.7. The molecule has 2 saturated carbocycles. The van der Waals surface area contributed by atoms with Crippen LogP contribution in [0.1, 0.15) is 72.1 Å². The van der Waals surface area contributed by atoms with Crippen molar-refractivity contribution in [3.63, 3.8) is 0 Å². The summed E-state index contributed by atoms with van der Waals surface area (Å²) in [7, 11) is 0. The SMILES string of the molecule is C=NC[C@H](C[C@@H]1CCC2(CC2)NC1=O)NC(=O)[C@@H]1[C@H]2CCC[C@H]2CN1C(=O)[C@@H](NC(=O)C(F)(F)F)C(C)(C)C. The van der Waals surface area contributed by atoms with Crippen LogP contribution >= 0.6 is 0 Å². The first-order valence-corrected chi connectivity index (χ1v) is 13.9. The van der Waals surface area contributed by atoms with Crippen LogP contribution in [0.15, 0.2) is 4.99 Å². The molecule has 0 bridgehead atoms. The highest BCUT2D eigenvalue weighted by molar-refractivity contribution is 5.94. The van der Waals surface area contributed by atoms with Crippen molar-refractivity contribution >= 4 is 30.3 Å². The second-order valence-corrected chi connectivity index (χ2v) is 12.9. The third kappa shape index (κ3) is 6.40. The number of nitrogens with zero attached hydrogens (tertiary/aromatic N) is 2. The molecule has 39 heavy (non-hydrogen) atoms. The molecule has 0 aromatic rings. The van der Waals surface area contributed by atoms with Gasteiger partial charge in [-0.2, -0.15) is 13.2 Å². The van der Waals surface area contributed by atoms with E-state index in [0.29, 0.717) is 6.42 Å². The van der Waals surface area contributed by atoms with Crippen LogP contribution in [0.4, 0.5) is 13.2 Å². The molecule has 0 radical (unpaired) electrons. The van der Waals surface area contributed by atoms with Gasteiger partial charge in [0.05, 0.1) is 6.54 Å². The van der Waals surface area contributed by atoms with Crippen LogP contribution < -0.4 is 16.0 Å². The summed E-state index contributed by atoms with van der Waals surface area (Å²) in [6, 6.07) is -2.81. The lowest BCUT2D eigenvalue weighted by Crippen LogP contribution is -2.60. The van der Waals surface area contributed by atoms with Gasteiger partial charge in [0.25, 0.3) is 0 Å². The van der Waals surface area contributed by atoms with E-state index >= 15 is 0 Å². The first-order valence-electron chi connectivity index (χ1n) is 13.9. The van der Waals surface area contributed by atoms with Crippen LogP contribution in [0.3, 0.4) is 0 Å². The summed E-state index contributed by atoms with van der Waals surface area (Å²) in [5.41, 5.74) is -1.07. The lowest BCUT2D eigenvalue weighted by molar-refractivity contribution is -0.176. The first kappa shape index (κ1) is 29.3. The molecule has 4 rings (SSSR count). The highest BCUT2D eigenvalue weighted by Gasteiger charge is 2.53. The summed E-state index contributed by atoms with van der Waals surface area (Å²) < 4.78 is 39.2. The summed E-state index contributed by atoms with van der Waals surface area (Å²) in [5.74, 6) is -3.66. The highest BCUT2D eigenvalue weighted by atomic mass is 19.4. The van der Waals surface area contributed by atoms with E-state index in [1.807, 2.05) is 5.32 Å². The molecule has 3 N–H and O–H groups in total. The van der Waals surface area contributed by atoms with Gasteiger partial charge in [0, 0.05) is 24.0 Å². The molecule has 2 saturated heterocycles. The molecule has 9 nitrogen and oxygen atoms in total. The lowest BCUT2D eigenvalue weighted by atomic mass is 9.85. The fraction of sp³-hybridized carbons (Fsp3) is 0.815. The molecule has 12 heteroatoms. The Morgan fingerprint density at radius 3 is 2.38 bits per heavy atom. The van der Waals surface area contributed by atoms with E-state index < -0.39 is 47.4 Å². The zero-order valence-corrected chi connectivity index (χ0v) is 22.9. The van der Waals surface area contributed by atoms with Gasteiger partial charge in [-0.3, -0.25) is 24.2 Å². The summed E-state index contributed by atoms with van der Waals surface area (Å²) in [6.45, 7) is 8.71. The fourth-order valence-corrected chi connectivity index (χ4v) is 6.62. The molecule has 6 atom stereocenters. The van der Waals surface area contributed by atoms with Gasteiger partial charge in [-0.05, 0) is 68.9 Å². The quantitative estimate of drug-likeness (QED) is 0.398. The number of hydrogen-bond donors (Lipinski definition) is 3. The predicted molar refractivity (Wildman–Crippen MR) is 138 cm³/mol. The average molecular weight is 556 g/mol. The van der Waals surface area contributed by atoms with E-state index in [9.17, 15) is 32.3 Å². The maximum Gasteiger partial charge on any atom is 0.471 e. The molecule has 0 aromatic heterocycles. The first-order chi connectivity index (χ1) is 18.1. The van der Waals surface area contributed by atoms with Crippen molar-refractivity contribution in [2.75, 3.05) is 13.1 Å². The number of hydrogen-bond acceptors (Lipinski definition) is 5. The number of aliphatic imine (C=N–C) groups is 1. The molecule has 2 heterocycles. The minimum atomic E-state index is -5.14. The van der Waals surface area contributed by atoms with Crippen LogP contribution in [-0.4, -0.2) is 78.2 Å². The van der Waals surface area contributed by atoms with E-state index in [-0.39, 0.29) is 42.3 Å². The molecule has 0 aromatic carbocycles. The van der Waals surface area contributed by atoms with Crippen molar-refractivity contribution < 1.29 is 32.3 Å². The molecule has 2 aliphatic carbocycles. The topological polar surface area (TPSA) is 120 Å². The summed E-state index contributed by atoms with van der Waals surface area (Å²) in [5, 5.41) is 7.98. The number of amides is 4. The number of alkyl halides is 3. The third-order valence-electron chi connectivity index (χ3n) is 8.94. The molecule has 4 fully saturated rings. The maximum atomic E-state index is 13.7. The monoisotopic (exact) mass is 555 g/mol. The zero-order valence-electron chi connectivity index (χ0n) is 22.9. The van der Waals surface area contributed by atoms with Gasteiger partial charge in [0.15, 0.2) is 0 Å². The Morgan fingerprint density at radius 1 is 1.13 bits per heavy atom. The van der Waals surface area contributed by atoms with Gasteiger partial charge in [-0.15, -0.1) is 0 Å². The average Bonchev–Trinajstić information content (AvgIpc) is 3.24. The van der Waals surface area contributed by atoms with Crippen molar-refractivity contribution in [1.29, 1.82) is 0 Å². The van der Waals surface area contributed by atoms with Crippen LogP contribution in [0, 0.1) is 23.2 Å². The number of fused-ring (bicyclic) bond motifs is 1. The van der Waals surface area contributed by atoms with E-state index in [4.69, 9.17) is 0 Å². The van der Waals surface area contributed by atoms with Crippen molar-refractivity contribution in [3.8, 4) is 0 Å². The van der Waals surface area contributed by atoms with Crippen molar-refractivity contribution in [2.45, 2.75) is 102 Å². The number of rotatable bonds is 8. The lowest BCUT2D eigenvalue weighted by Gasteiger charge is -2.37. The molecule has 4 amide bonds. The van der Waals surface area contributed by atoms with E-state index in [0.717, 1.165) is 44.9 Å². The van der Waals surface area contributed by atoms with E-state index in [2.05, 4.69) is 22.3 Å². The molecular formula is C27H40F3N5O4. The Kier molecular flexibility index (Phi) is 8.06. The fourth-order valence-electron chi connectivity index (χ4n) is 6.62. The molecule has 0 unspecified atom stereocenters. The molecule has 2 aliphatic heterocycles. The minimum Gasteiger partial charge on any atom is -0.350 e. The molecule has 4 aliphatic rings. The van der Waals surface area contributed by atoms with Crippen LogP contribution in [0.2, 0.25) is 0 Å². The molecular weight excluding hydrogens is 515 g/mol. The Hall–Kier alpha value is -2.66. The van der Waals surface area contributed by atoms with Gasteiger partial charge in [-0.1, -0.05) is 27.2 Å². The van der Waals surface area contributed by atoms with Crippen LogP contribution in [-0.2, 0) is 19.2 Å². The van der Waals surface area contributed by atoms with Gasteiger partial charge in [0.2, 0.25) is 17.7 Å². The number of nitrogens with one attached hydrogen (secondary N) is 3. The van der Waals surface area contributed by atoms with Crippen molar-refractivity contribution in [2.24, 2.45) is 28.2 Å². The van der Waals surface area contributed by atoms with E-state index in [1.165, 1.54) is 4.90 Å². The number of piperidine rings is 1. The Bertz CT molecular complexity index is 1010. The zero-order chi connectivity index (χ0) is 28.8. The predicted octanol–water partition coefficient (Wildman–Crippen LogP) is 2.34. The van der Waals surface area contributed by atoms with Crippen molar-refractivity contribution in [3.05, 3.63) is 0 Å². The summed E-state index contributed by atoms with van der Waals surface area (Å²) in [4.78, 5) is 57.3. The molecule has 1 spiro atoms. The third-order valence-corrected chi connectivity index (χ3v) is 8.94. The van der Waals surface area contributed by atoms with E-state index in [1.54, 1.807) is 20.8 Å². The summed E-state index contributed by atoms with van der Waals surface area (Å²) in [6.07, 6.45) is 1.29. The highest BCUT2D eigenvalue weighted by Crippen LogP contribution is 2.45. The van der Waals surface area contributed by atoms with Gasteiger partial charge in [-0.25, -0.2) is 0 Å². The number of halogens is 3. The summed E-state index contributed by atoms with van der Waals surface area (Å²) >= 11 is 0. The number of carbonyl (C=O) groups is 4. The van der Waals surface area contributed by atoms with Gasteiger partial charge >= 0.3 is 12.1 Å². The largest absolute Gasteiger partial charge is 0.471 e. The molecule has 218 valence electrons. The van der Waals surface area contributed by atoms with Crippen LogP contribution in [0.5, 0.6) is 0 Å². The second-order valence-electron chi connectivity index (χ2n) is 12.9. The Morgan fingerprint density at radius 2 is 1.82 bits per heavy atom. The van der Waals surface area contributed by atoms with Crippen molar-refractivity contribution in [1.82, 2.24) is 20.9 Å². The number of carbonyl (C=O) groups excluding carboxylic acids is 4. The van der Waals surface area contributed by atoms with Gasteiger partial charge < -0.3 is 20.9 Å². The normalized spacial score (nSPS) is 29.3. The standard InChI is InChI=1S/C27H40F3N5O4/c1-25(2,3)20(33-24(39)27(28,29)30)23(38)35-14-16-6-5-7-18(16)19(35)22(37)32-17(13-31-4)12-15-8-9-26(10-11-26)34-21(15)36/h15-20H,4-14H2,1-3H3,(H,32,37)(H,33,39)(H,34,36)/t15-,16-,17-,18-,19-,20+/m0/s1. The Balaban J connectivity index is 1.50. The maximum absolute atomic E-state index is 13.7. The van der Waals surface area contributed by atoms with Gasteiger partial charge in [0.1, 0.15) is 12.1 Å².